The van der Waals surface area contributed by atoms with Crippen LogP contribution in [-0.2, 0) is 20.0 Å². The highest BCUT2D eigenvalue weighted by Crippen LogP contribution is 2.26. The van der Waals surface area contributed by atoms with E-state index in [1.807, 2.05) is 43.7 Å². The highest BCUT2D eigenvalue weighted by Gasteiger charge is 2.12. The summed E-state index contributed by atoms with van der Waals surface area (Å²) in [6.07, 6.45) is 2.49. The van der Waals surface area contributed by atoms with Crippen LogP contribution in [0.5, 0.6) is 0 Å². The number of rotatable bonds is 5. The summed E-state index contributed by atoms with van der Waals surface area (Å²) in [4.78, 5) is 12.2. The highest BCUT2D eigenvalue weighted by molar-refractivity contribution is 7.11. The van der Waals surface area contributed by atoms with E-state index in [1.165, 1.54) is 11.3 Å². The van der Waals surface area contributed by atoms with Crippen molar-refractivity contribution >= 4 is 23.1 Å². The average molecular weight is 357 g/mol. The maximum absolute atomic E-state index is 12.2. The number of aryl methyl sites for hydroxylation is 2. The fourth-order valence-electron chi connectivity index (χ4n) is 2.37. The monoisotopic (exact) mass is 357 g/mol. The zero-order valence-corrected chi connectivity index (χ0v) is 15.1. The van der Waals surface area contributed by atoms with Crippen molar-refractivity contribution in [2.45, 2.75) is 26.8 Å². The average Bonchev–Trinajstić information content (AvgIpc) is 3.24. The lowest BCUT2D eigenvalue weighted by Crippen LogP contribution is -2.28. The number of carbonyl (C=O) groups is 1. The molecule has 130 valence electrons. The molecule has 0 unspecified atom stereocenters. The molecule has 0 aliphatic rings. The standard InChI is InChI=1S/C16H19N7OS/c1-4-13-20-21-14(25-13)8-17-16(24)19-12-7-5-6-11(10(12)2)15-22-18-9-23(15)3/h5-7,9H,4,8H2,1-3H3,(H2,17,19,24). The molecule has 3 aromatic rings. The van der Waals surface area contributed by atoms with Crippen molar-refractivity contribution in [3.8, 4) is 11.4 Å². The summed E-state index contributed by atoms with van der Waals surface area (Å²) >= 11 is 1.50. The topological polar surface area (TPSA) is 97.6 Å². The quantitative estimate of drug-likeness (QED) is 0.731. The fourth-order valence-corrected chi connectivity index (χ4v) is 3.09. The first-order chi connectivity index (χ1) is 12.1. The second kappa shape index (κ2) is 7.39. The third kappa shape index (κ3) is 3.82. The van der Waals surface area contributed by atoms with Crippen LogP contribution in [0, 0.1) is 6.92 Å². The van der Waals surface area contributed by atoms with Crippen LogP contribution in [0.15, 0.2) is 24.5 Å². The predicted molar refractivity (Wildman–Crippen MR) is 96.3 cm³/mol. The minimum Gasteiger partial charge on any atom is -0.331 e. The Bertz CT molecular complexity index is 886. The van der Waals surface area contributed by atoms with Crippen LogP contribution < -0.4 is 10.6 Å². The Morgan fingerprint density at radius 2 is 2.04 bits per heavy atom. The van der Waals surface area contributed by atoms with E-state index in [-0.39, 0.29) is 6.03 Å². The van der Waals surface area contributed by atoms with Crippen molar-refractivity contribution < 1.29 is 4.79 Å². The van der Waals surface area contributed by atoms with E-state index in [9.17, 15) is 4.79 Å². The molecule has 0 radical (unpaired) electrons. The Morgan fingerprint density at radius 3 is 2.72 bits per heavy atom. The number of amides is 2. The zero-order chi connectivity index (χ0) is 17.8. The molecule has 0 saturated carbocycles. The second-order valence-electron chi connectivity index (χ2n) is 5.49. The number of hydrogen-bond acceptors (Lipinski definition) is 6. The molecular formula is C16H19N7OS. The largest absolute Gasteiger partial charge is 0.331 e. The van der Waals surface area contributed by atoms with Crippen LogP contribution >= 0.6 is 11.3 Å². The van der Waals surface area contributed by atoms with Gasteiger partial charge in [0.15, 0.2) is 5.82 Å². The molecule has 9 heteroatoms. The second-order valence-corrected chi connectivity index (χ2v) is 6.64. The maximum atomic E-state index is 12.2. The van der Waals surface area contributed by atoms with E-state index in [0.29, 0.717) is 6.54 Å². The third-order valence-corrected chi connectivity index (χ3v) is 4.81. The van der Waals surface area contributed by atoms with Gasteiger partial charge in [0.25, 0.3) is 0 Å². The van der Waals surface area contributed by atoms with Crippen molar-refractivity contribution in [2.24, 2.45) is 7.05 Å². The van der Waals surface area contributed by atoms with Gasteiger partial charge in [-0.25, -0.2) is 4.79 Å². The summed E-state index contributed by atoms with van der Waals surface area (Å²) in [5.74, 6) is 0.752. The van der Waals surface area contributed by atoms with Crippen molar-refractivity contribution in [3.05, 3.63) is 40.1 Å². The summed E-state index contributed by atoms with van der Waals surface area (Å²) in [6.45, 7) is 4.32. The SMILES string of the molecule is CCc1nnc(CNC(=O)Nc2cccc(-c3nncn3C)c2C)s1. The van der Waals surface area contributed by atoms with Crippen LogP contribution in [-0.4, -0.2) is 31.0 Å². The van der Waals surface area contributed by atoms with Gasteiger partial charge in [-0.1, -0.05) is 30.4 Å². The molecule has 2 aromatic heterocycles. The van der Waals surface area contributed by atoms with Crippen molar-refractivity contribution in [3.63, 3.8) is 0 Å². The molecule has 0 aliphatic carbocycles. The summed E-state index contributed by atoms with van der Waals surface area (Å²) in [5.41, 5.74) is 2.58. The van der Waals surface area contributed by atoms with Crippen molar-refractivity contribution in [2.75, 3.05) is 5.32 Å². The van der Waals surface area contributed by atoms with Gasteiger partial charge in [-0.05, 0) is 25.0 Å². The molecule has 3 rings (SSSR count). The number of anilines is 1. The molecule has 25 heavy (non-hydrogen) atoms. The third-order valence-electron chi connectivity index (χ3n) is 3.75. The smallest absolute Gasteiger partial charge is 0.319 e. The Hall–Kier alpha value is -2.81. The molecule has 2 N–H and O–H groups in total. The normalized spacial score (nSPS) is 10.7. The first-order valence-electron chi connectivity index (χ1n) is 7.88. The lowest BCUT2D eigenvalue weighted by molar-refractivity contribution is 0.251. The van der Waals surface area contributed by atoms with Gasteiger partial charge in [0.2, 0.25) is 0 Å². The predicted octanol–water partition coefficient (Wildman–Crippen LogP) is 2.53. The molecule has 0 spiro atoms. The molecule has 0 saturated heterocycles. The molecule has 2 amide bonds. The number of aromatic nitrogens is 5. The Morgan fingerprint density at radius 1 is 1.24 bits per heavy atom. The molecule has 0 bridgehead atoms. The summed E-state index contributed by atoms with van der Waals surface area (Å²) in [7, 11) is 1.88. The van der Waals surface area contributed by atoms with Gasteiger partial charge in [0.1, 0.15) is 16.3 Å². The number of benzene rings is 1. The van der Waals surface area contributed by atoms with Gasteiger partial charge >= 0.3 is 6.03 Å². The number of carbonyl (C=O) groups excluding carboxylic acids is 1. The van der Waals surface area contributed by atoms with Gasteiger partial charge in [-0.15, -0.1) is 20.4 Å². The molecule has 2 heterocycles. The number of hydrogen-bond donors (Lipinski definition) is 2. The molecule has 1 aromatic carbocycles. The van der Waals surface area contributed by atoms with Gasteiger partial charge in [-0.2, -0.15) is 0 Å². The number of nitrogens with one attached hydrogen (secondary N) is 2. The van der Waals surface area contributed by atoms with Crippen LogP contribution in [0.4, 0.5) is 10.5 Å². The van der Waals surface area contributed by atoms with E-state index in [4.69, 9.17) is 0 Å². The fraction of sp³-hybridized carbons (Fsp3) is 0.312. The van der Waals surface area contributed by atoms with Crippen molar-refractivity contribution in [1.82, 2.24) is 30.3 Å². The van der Waals surface area contributed by atoms with Crippen LogP contribution in [0.1, 0.15) is 22.5 Å². The maximum Gasteiger partial charge on any atom is 0.319 e. The Kier molecular flexibility index (Phi) is 5.03. The molecule has 0 aliphatic heterocycles. The lowest BCUT2D eigenvalue weighted by atomic mass is 10.1. The van der Waals surface area contributed by atoms with Crippen molar-refractivity contribution in [1.29, 1.82) is 0 Å². The minimum absolute atomic E-state index is 0.286. The van der Waals surface area contributed by atoms with E-state index in [2.05, 4.69) is 31.0 Å². The summed E-state index contributed by atoms with van der Waals surface area (Å²) in [6, 6.07) is 5.40. The van der Waals surface area contributed by atoms with E-state index in [1.54, 1.807) is 6.33 Å². The molecule has 8 nitrogen and oxygen atoms in total. The zero-order valence-electron chi connectivity index (χ0n) is 14.3. The van der Waals surface area contributed by atoms with Crippen LogP contribution in [0.25, 0.3) is 11.4 Å². The van der Waals surface area contributed by atoms with E-state index < -0.39 is 0 Å². The van der Waals surface area contributed by atoms with E-state index >= 15 is 0 Å². The van der Waals surface area contributed by atoms with E-state index in [0.717, 1.165) is 39.1 Å². The number of urea groups is 1. The van der Waals surface area contributed by atoms with Gasteiger partial charge in [0.05, 0.1) is 6.54 Å². The first kappa shape index (κ1) is 17.0. The molecule has 0 atom stereocenters. The number of nitrogens with zero attached hydrogens (tertiary/aromatic N) is 5. The first-order valence-corrected chi connectivity index (χ1v) is 8.70. The highest BCUT2D eigenvalue weighted by atomic mass is 32.1. The van der Waals surface area contributed by atoms with Gasteiger partial charge in [0, 0.05) is 18.3 Å². The summed E-state index contributed by atoms with van der Waals surface area (Å²) < 4.78 is 1.84. The Labute approximate surface area is 149 Å². The Balaban J connectivity index is 1.68. The molecule has 0 fully saturated rings. The summed E-state index contributed by atoms with van der Waals surface area (Å²) in [5, 5.41) is 23.5. The van der Waals surface area contributed by atoms with Gasteiger partial charge < -0.3 is 15.2 Å². The lowest BCUT2D eigenvalue weighted by Gasteiger charge is -2.12. The van der Waals surface area contributed by atoms with Crippen LogP contribution in [0.3, 0.4) is 0 Å². The molecular weight excluding hydrogens is 338 g/mol. The van der Waals surface area contributed by atoms with Gasteiger partial charge in [-0.3, -0.25) is 0 Å². The minimum atomic E-state index is -0.286. The van der Waals surface area contributed by atoms with Crippen LogP contribution in [0.2, 0.25) is 0 Å².